The van der Waals surface area contributed by atoms with Crippen LogP contribution in [0.3, 0.4) is 0 Å². The number of rotatable bonds is 6. The normalized spacial score (nSPS) is 11.2. The molecule has 0 aliphatic rings. The maximum absolute atomic E-state index is 12.3. The maximum Gasteiger partial charge on any atom is 0.258 e. The third-order valence-corrected chi connectivity index (χ3v) is 6.72. The van der Waals surface area contributed by atoms with Crippen molar-refractivity contribution in [1.29, 1.82) is 0 Å². The number of hydrogen-bond donors (Lipinski definition) is 0. The highest BCUT2D eigenvalue weighted by Gasteiger charge is 2.17. The first kappa shape index (κ1) is 20.7. The smallest absolute Gasteiger partial charge is 0.258 e. The Bertz CT molecular complexity index is 1460. The molecule has 0 N–H and O–H groups in total. The van der Waals surface area contributed by atoms with Gasteiger partial charge in [0.25, 0.3) is 5.56 Å². The molecular weight excluding hydrogens is 466 g/mol. The Labute approximate surface area is 196 Å². The van der Waals surface area contributed by atoms with E-state index >= 15 is 0 Å². The predicted octanol–water partition coefficient (Wildman–Crippen LogP) is 4.96. The van der Waals surface area contributed by atoms with Crippen LogP contribution in [0.15, 0.2) is 76.1 Å². The first-order valence-corrected chi connectivity index (χ1v) is 11.8. The third-order valence-electron chi connectivity index (χ3n) is 4.75. The van der Waals surface area contributed by atoms with E-state index in [1.54, 1.807) is 19.4 Å². The average molecular weight is 482 g/mol. The van der Waals surface area contributed by atoms with Gasteiger partial charge in [0.1, 0.15) is 5.75 Å². The van der Waals surface area contributed by atoms with Crippen LogP contribution in [-0.2, 0) is 5.75 Å². The van der Waals surface area contributed by atoms with E-state index < -0.39 is 0 Å². The van der Waals surface area contributed by atoms with Crippen molar-refractivity contribution in [1.82, 2.24) is 24.1 Å². The summed E-state index contributed by atoms with van der Waals surface area (Å²) in [5.74, 6) is 1.89. The lowest BCUT2D eigenvalue weighted by atomic mass is 10.2. The molecular formula is C22H16ClN5O2S2. The van der Waals surface area contributed by atoms with E-state index in [1.165, 1.54) is 27.5 Å². The first-order chi connectivity index (χ1) is 15.6. The molecule has 5 rings (SSSR count). The minimum Gasteiger partial charge on any atom is -0.497 e. The summed E-state index contributed by atoms with van der Waals surface area (Å²) < 4.78 is 8.87. The van der Waals surface area contributed by atoms with Crippen molar-refractivity contribution in [2.75, 3.05) is 7.11 Å². The zero-order chi connectivity index (χ0) is 22.1. The molecule has 0 aliphatic heterocycles. The highest BCUT2D eigenvalue weighted by Crippen LogP contribution is 2.31. The molecule has 0 amide bonds. The second-order valence-corrected chi connectivity index (χ2v) is 9.03. The highest BCUT2D eigenvalue weighted by molar-refractivity contribution is 7.98. The molecule has 0 radical (unpaired) electrons. The Morgan fingerprint density at radius 2 is 1.97 bits per heavy atom. The molecule has 10 heteroatoms. The SMILES string of the molecule is COc1cccc(-c2nnc(SCc3cc(=O)n4ccsc4n3)n2-c2ccc(Cl)cc2)c1. The van der Waals surface area contributed by atoms with Crippen LogP contribution < -0.4 is 10.3 Å². The van der Waals surface area contributed by atoms with Gasteiger partial charge in [0.05, 0.1) is 12.8 Å². The van der Waals surface area contributed by atoms with Crippen molar-refractivity contribution >= 4 is 39.7 Å². The molecule has 0 saturated heterocycles. The molecule has 0 atom stereocenters. The van der Waals surface area contributed by atoms with Crippen molar-refractivity contribution in [2.45, 2.75) is 10.9 Å². The van der Waals surface area contributed by atoms with Crippen molar-refractivity contribution in [3.63, 3.8) is 0 Å². The Morgan fingerprint density at radius 1 is 1.12 bits per heavy atom. The lowest BCUT2D eigenvalue weighted by Crippen LogP contribution is -2.12. The summed E-state index contributed by atoms with van der Waals surface area (Å²) in [4.78, 5) is 17.6. The monoisotopic (exact) mass is 481 g/mol. The number of aromatic nitrogens is 5. The molecule has 0 spiro atoms. The summed E-state index contributed by atoms with van der Waals surface area (Å²) in [5.41, 5.74) is 2.34. The minimum atomic E-state index is -0.0944. The summed E-state index contributed by atoms with van der Waals surface area (Å²) >= 11 is 8.99. The van der Waals surface area contributed by atoms with E-state index in [0.29, 0.717) is 32.4 Å². The molecule has 5 aromatic rings. The van der Waals surface area contributed by atoms with E-state index in [2.05, 4.69) is 15.2 Å². The molecule has 32 heavy (non-hydrogen) atoms. The van der Waals surface area contributed by atoms with Gasteiger partial charge in [0.15, 0.2) is 15.9 Å². The summed E-state index contributed by atoms with van der Waals surface area (Å²) in [6.45, 7) is 0. The summed E-state index contributed by atoms with van der Waals surface area (Å²) in [6.07, 6.45) is 1.73. The van der Waals surface area contributed by atoms with E-state index in [1.807, 2.05) is 58.5 Å². The number of hydrogen-bond acceptors (Lipinski definition) is 7. The van der Waals surface area contributed by atoms with Crippen LogP contribution in [-0.4, -0.2) is 31.3 Å². The van der Waals surface area contributed by atoms with E-state index in [4.69, 9.17) is 16.3 Å². The van der Waals surface area contributed by atoms with Gasteiger partial charge in [-0.2, -0.15) is 0 Å². The van der Waals surface area contributed by atoms with Gasteiger partial charge in [-0.3, -0.25) is 13.8 Å². The van der Waals surface area contributed by atoms with Crippen molar-refractivity contribution < 1.29 is 4.74 Å². The second kappa shape index (κ2) is 8.78. The lowest BCUT2D eigenvalue weighted by molar-refractivity contribution is 0.415. The molecule has 0 aliphatic carbocycles. The van der Waals surface area contributed by atoms with Gasteiger partial charge in [0.2, 0.25) is 0 Å². The predicted molar refractivity (Wildman–Crippen MR) is 127 cm³/mol. The van der Waals surface area contributed by atoms with Gasteiger partial charge in [-0.15, -0.1) is 21.5 Å². The maximum atomic E-state index is 12.3. The van der Waals surface area contributed by atoms with Crippen molar-refractivity contribution in [2.24, 2.45) is 0 Å². The largest absolute Gasteiger partial charge is 0.497 e. The molecule has 7 nitrogen and oxygen atoms in total. The lowest BCUT2D eigenvalue weighted by Gasteiger charge is -2.11. The second-order valence-electron chi connectivity index (χ2n) is 6.78. The van der Waals surface area contributed by atoms with Gasteiger partial charge in [-0.05, 0) is 36.4 Å². The first-order valence-electron chi connectivity index (χ1n) is 9.57. The van der Waals surface area contributed by atoms with Crippen LogP contribution in [0.1, 0.15) is 5.69 Å². The van der Waals surface area contributed by atoms with Crippen LogP contribution in [0.4, 0.5) is 0 Å². The molecule has 0 unspecified atom stereocenters. The number of methoxy groups -OCH3 is 1. The number of nitrogens with zero attached hydrogens (tertiary/aromatic N) is 5. The number of thiazole rings is 1. The fraction of sp³-hybridized carbons (Fsp3) is 0.0909. The van der Waals surface area contributed by atoms with Gasteiger partial charge in [-0.25, -0.2) is 4.98 Å². The Hall–Kier alpha value is -3.14. The number of thioether (sulfide) groups is 1. The molecule has 3 heterocycles. The number of ether oxygens (including phenoxy) is 1. The topological polar surface area (TPSA) is 74.3 Å². The van der Waals surface area contributed by atoms with Crippen molar-refractivity contribution in [3.05, 3.63) is 87.2 Å². The molecule has 3 aromatic heterocycles. The van der Waals surface area contributed by atoms with Crippen LogP contribution in [0.25, 0.3) is 22.0 Å². The highest BCUT2D eigenvalue weighted by atomic mass is 35.5. The Balaban J connectivity index is 1.54. The summed E-state index contributed by atoms with van der Waals surface area (Å²) in [7, 11) is 1.63. The molecule has 0 bridgehead atoms. The number of fused-ring (bicyclic) bond motifs is 1. The quantitative estimate of drug-likeness (QED) is 0.319. The van der Waals surface area contributed by atoms with Gasteiger partial charge in [-0.1, -0.05) is 35.5 Å². The van der Waals surface area contributed by atoms with Gasteiger partial charge in [0, 0.05) is 39.7 Å². The standard InChI is InChI=1S/C22H16ClN5O2S2/c1-30-18-4-2-3-14(11-18)20-25-26-22(28(20)17-7-5-15(23)6-8-17)32-13-16-12-19(29)27-9-10-31-21(27)24-16/h2-12H,13H2,1H3. The number of benzene rings is 2. The zero-order valence-electron chi connectivity index (χ0n) is 16.8. The van der Waals surface area contributed by atoms with E-state index in [-0.39, 0.29) is 5.56 Å². The Morgan fingerprint density at radius 3 is 2.78 bits per heavy atom. The fourth-order valence-electron chi connectivity index (χ4n) is 3.24. The van der Waals surface area contributed by atoms with Crippen LogP contribution in [0.5, 0.6) is 5.75 Å². The third kappa shape index (κ3) is 4.02. The van der Waals surface area contributed by atoms with E-state index in [9.17, 15) is 4.79 Å². The molecule has 0 saturated carbocycles. The van der Waals surface area contributed by atoms with Crippen molar-refractivity contribution in [3.8, 4) is 22.8 Å². The van der Waals surface area contributed by atoms with Crippen LogP contribution in [0, 0.1) is 0 Å². The number of halogens is 1. The molecule has 2 aromatic carbocycles. The summed E-state index contributed by atoms with van der Waals surface area (Å²) in [5, 5.41) is 12.1. The zero-order valence-corrected chi connectivity index (χ0v) is 19.2. The molecule has 0 fully saturated rings. The molecule has 160 valence electrons. The minimum absolute atomic E-state index is 0.0944. The van der Waals surface area contributed by atoms with E-state index in [0.717, 1.165) is 17.0 Å². The average Bonchev–Trinajstić information content (AvgIpc) is 3.46. The fourth-order valence-corrected chi connectivity index (χ4v) is 4.94. The Kier molecular flexibility index (Phi) is 5.69. The summed E-state index contributed by atoms with van der Waals surface area (Å²) in [6, 6.07) is 16.7. The van der Waals surface area contributed by atoms with Crippen LogP contribution >= 0.6 is 34.7 Å². The van der Waals surface area contributed by atoms with Gasteiger partial charge < -0.3 is 4.74 Å². The van der Waals surface area contributed by atoms with Gasteiger partial charge >= 0.3 is 0 Å². The van der Waals surface area contributed by atoms with Crippen LogP contribution in [0.2, 0.25) is 5.02 Å².